The molecule has 0 aliphatic carbocycles. The molecule has 0 aromatic heterocycles. The fourth-order valence-corrected chi connectivity index (χ4v) is 2.72. The Morgan fingerprint density at radius 3 is 2.32 bits per heavy atom. The van der Waals surface area contributed by atoms with Gasteiger partial charge in [-0.2, -0.15) is 0 Å². The summed E-state index contributed by atoms with van der Waals surface area (Å²) in [5.41, 5.74) is 0.745. The van der Waals surface area contributed by atoms with Gasteiger partial charge in [0.2, 0.25) is 0 Å². The van der Waals surface area contributed by atoms with Crippen LogP contribution in [0.25, 0.3) is 0 Å². The molecule has 0 aliphatic rings. The van der Waals surface area contributed by atoms with Crippen LogP contribution in [0, 0.1) is 0 Å². The Morgan fingerprint density at radius 2 is 1.76 bits per heavy atom. The molecule has 2 aromatic carbocycles. The van der Waals surface area contributed by atoms with Gasteiger partial charge in [0.05, 0.1) is 12.5 Å². The van der Waals surface area contributed by atoms with Gasteiger partial charge in [0, 0.05) is 4.90 Å². The molecule has 2 rings (SSSR count). The second-order valence-electron chi connectivity index (χ2n) is 5.51. The summed E-state index contributed by atoms with van der Waals surface area (Å²) in [4.78, 5) is 24.6. The molecule has 6 heteroatoms. The summed E-state index contributed by atoms with van der Waals surface area (Å²) in [7, 11) is 0. The number of aliphatic carboxylic acids is 1. The molecule has 0 aliphatic heterocycles. The Hall–Kier alpha value is -2.47. The number of benzene rings is 2. The summed E-state index contributed by atoms with van der Waals surface area (Å²) in [5.74, 6) is -0.741. The predicted octanol–water partition coefficient (Wildman–Crippen LogP) is 3.51. The maximum absolute atomic E-state index is 12.4. The second-order valence-corrected chi connectivity index (χ2v) is 6.38. The monoisotopic (exact) mass is 359 g/mol. The largest absolute Gasteiger partial charge is 0.481 e. The van der Waals surface area contributed by atoms with E-state index in [2.05, 4.69) is 5.32 Å². The van der Waals surface area contributed by atoms with Crippen molar-refractivity contribution in [1.29, 1.82) is 0 Å². The van der Waals surface area contributed by atoms with Crippen molar-refractivity contribution in [1.82, 2.24) is 5.32 Å². The number of carboxylic acid groups (broad SMARTS) is 1. The first-order valence-electron chi connectivity index (χ1n) is 7.87. The molecule has 2 aromatic rings. The smallest absolute Gasteiger partial charge is 0.305 e. The summed E-state index contributed by atoms with van der Waals surface area (Å²) in [6.07, 6.45) is 1.06. The minimum atomic E-state index is -0.977. The molecular formula is C19H21NO4S. The fourth-order valence-electron chi connectivity index (χ4n) is 2.31. The van der Waals surface area contributed by atoms with Gasteiger partial charge in [-0.1, -0.05) is 30.3 Å². The zero-order valence-electron chi connectivity index (χ0n) is 14.1. The first-order chi connectivity index (χ1) is 12.0. The van der Waals surface area contributed by atoms with Crippen LogP contribution in [0.2, 0.25) is 0 Å². The Balaban J connectivity index is 2.02. The number of ether oxygens (including phenoxy) is 1. The lowest BCUT2D eigenvalue weighted by atomic mass is 10.0. The zero-order chi connectivity index (χ0) is 18.2. The molecule has 0 spiro atoms. The van der Waals surface area contributed by atoms with Crippen LogP contribution in [0.15, 0.2) is 59.5 Å². The molecule has 2 unspecified atom stereocenters. The van der Waals surface area contributed by atoms with Crippen LogP contribution in [0.3, 0.4) is 0 Å². The molecule has 0 fully saturated rings. The van der Waals surface area contributed by atoms with Crippen molar-refractivity contribution < 1.29 is 19.4 Å². The molecule has 0 radical (unpaired) electrons. The van der Waals surface area contributed by atoms with Gasteiger partial charge in [0.1, 0.15) is 5.75 Å². The lowest BCUT2D eigenvalue weighted by molar-refractivity contribution is -0.138. The summed E-state index contributed by atoms with van der Waals surface area (Å²) >= 11 is 1.62. The molecule has 2 atom stereocenters. The number of carbonyl (C=O) groups excluding carboxylic acids is 1. The molecule has 0 bridgehead atoms. The van der Waals surface area contributed by atoms with Crippen molar-refractivity contribution in [2.75, 3.05) is 6.26 Å². The maximum atomic E-state index is 12.4. The first kappa shape index (κ1) is 18.9. The average molecular weight is 359 g/mol. The van der Waals surface area contributed by atoms with Gasteiger partial charge in [0.25, 0.3) is 5.91 Å². The number of hydrogen-bond donors (Lipinski definition) is 2. The van der Waals surface area contributed by atoms with Gasteiger partial charge in [-0.3, -0.25) is 9.59 Å². The van der Waals surface area contributed by atoms with Crippen molar-refractivity contribution in [3.63, 3.8) is 0 Å². The van der Waals surface area contributed by atoms with Gasteiger partial charge in [-0.15, -0.1) is 11.8 Å². The number of hydrogen-bond acceptors (Lipinski definition) is 4. The van der Waals surface area contributed by atoms with Crippen LogP contribution in [0.4, 0.5) is 0 Å². The van der Waals surface area contributed by atoms with E-state index in [0.29, 0.717) is 5.75 Å². The molecule has 1 amide bonds. The molecule has 0 heterocycles. The third-order valence-electron chi connectivity index (χ3n) is 3.64. The van der Waals surface area contributed by atoms with E-state index in [9.17, 15) is 9.59 Å². The highest BCUT2D eigenvalue weighted by molar-refractivity contribution is 7.98. The van der Waals surface area contributed by atoms with E-state index in [1.54, 1.807) is 30.8 Å². The minimum Gasteiger partial charge on any atom is -0.481 e. The molecule has 5 nitrogen and oxygen atoms in total. The van der Waals surface area contributed by atoms with E-state index in [1.165, 1.54) is 0 Å². The van der Waals surface area contributed by atoms with Crippen LogP contribution in [-0.2, 0) is 9.59 Å². The Kier molecular flexibility index (Phi) is 6.89. The van der Waals surface area contributed by atoms with Gasteiger partial charge in [-0.05, 0) is 43.0 Å². The van der Waals surface area contributed by atoms with Crippen LogP contribution in [-0.4, -0.2) is 29.3 Å². The first-order valence-corrected chi connectivity index (χ1v) is 9.10. The van der Waals surface area contributed by atoms with E-state index in [0.717, 1.165) is 10.5 Å². The Morgan fingerprint density at radius 1 is 1.12 bits per heavy atom. The third-order valence-corrected chi connectivity index (χ3v) is 4.38. The fraction of sp³-hybridized carbons (Fsp3) is 0.263. The van der Waals surface area contributed by atoms with Crippen molar-refractivity contribution >= 4 is 23.6 Å². The van der Waals surface area contributed by atoms with Crippen molar-refractivity contribution in [2.24, 2.45) is 0 Å². The van der Waals surface area contributed by atoms with E-state index >= 15 is 0 Å². The highest BCUT2D eigenvalue weighted by Gasteiger charge is 2.22. The lowest BCUT2D eigenvalue weighted by Crippen LogP contribution is -2.39. The number of rotatable bonds is 8. The van der Waals surface area contributed by atoms with E-state index in [-0.39, 0.29) is 12.3 Å². The summed E-state index contributed by atoms with van der Waals surface area (Å²) in [6.45, 7) is 1.64. The van der Waals surface area contributed by atoms with Crippen LogP contribution in [0.5, 0.6) is 5.75 Å². The quantitative estimate of drug-likeness (QED) is 0.706. The van der Waals surface area contributed by atoms with E-state index < -0.39 is 18.1 Å². The molecule has 132 valence electrons. The maximum Gasteiger partial charge on any atom is 0.305 e. The summed E-state index contributed by atoms with van der Waals surface area (Å²) < 4.78 is 5.65. The topological polar surface area (TPSA) is 75.6 Å². The van der Waals surface area contributed by atoms with Gasteiger partial charge in [0.15, 0.2) is 6.10 Å². The minimum absolute atomic E-state index is 0.190. The normalized spacial score (nSPS) is 12.9. The molecule has 0 saturated carbocycles. The van der Waals surface area contributed by atoms with E-state index in [1.807, 2.05) is 48.7 Å². The van der Waals surface area contributed by atoms with Crippen molar-refractivity contribution in [3.05, 3.63) is 60.2 Å². The highest BCUT2D eigenvalue weighted by Crippen LogP contribution is 2.21. The third kappa shape index (κ3) is 5.83. The average Bonchev–Trinajstić information content (AvgIpc) is 2.62. The van der Waals surface area contributed by atoms with Gasteiger partial charge < -0.3 is 15.2 Å². The second kappa shape index (κ2) is 9.13. The molecule has 25 heavy (non-hydrogen) atoms. The Bertz CT molecular complexity index is 703. The predicted molar refractivity (Wildman–Crippen MR) is 97.9 cm³/mol. The van der Waals surface area contributed by atoms with Crippen molar-refractivity contribution in [3.8, 4) is 5.75 Å². The van der Waals surface area contributed by atoms with Crippen LogP contribution >= 0.6 is 11.8 Å². The SMILES string of the molecule is CSc1ccc(OC(C)C(=O)NC(CC(=O)O)c2ccccc2)cc1. The van der Waals surface area contributed by atoms with E-state index in [4.69, 9.17) is 9.84 Å². The molecular weight excluding hydrogens is 338 g/mol. The Labute approximate surface area is 151 Å². The highest BCUT2D eigenvalue weighted by atomic mass is 32.2. The number of thioether (sulfide) groups is 1. The van der Waals surface area contributed by atoms with Crippen molar-refractivity contribution in [2.45, 2.75) is 30.4 Å². The molecule has 0 saturated heterocycles. The van der Waals surface area contributed by atoms with Crippen LogP contribution < -0.4 is 10.1 Å². The standard InChI is InChI=1S/C19H21NO4S/c1-13(24-15-8-10-16(25-2)11-9-15)19(23)20-17(12-18(21)22)14-6-4-3-5-7-14/h3-11,13,17H,12H2,1-2H3,(H,20,23)(H,21,22). The number of nitrogens with one attached hydrogen (secondary N) is 1. The lowest BCUT2D eigenvalue weighted by Gasteiger charge is -2.21. The summed E-state index contributed by atoms with van der Waals surface area (Å²) in [6, 6.07) is 15.9. The number of carbonyl (C=O) groups is 2. The van der Waals surface area contributed by atoms with Gasteiger partial charge in [-0.25, -0.2) is 0 Å². The van der Waals surface area contributed by atoms with Crippen LogP contribution in [0.1, 0.15) is 24.9 Å². The number of carboxylic acids is 1. The molecule has 2 N–H and O–H groups in total. The number of amides is 1. The zero-order valence-corrected chi connectivity index (χ0v) is 15.0. The summed E-state index contributed by atoms with van der Waals surface area (Å²) in [5, 5.41) is 11.9. The van der Waals surface area contributed by atoms with Gasteiger partial charge >= 0.3 is 5.97 Å².